The van der Waals surface area contributed by atoms with Crippen LogP contribution in [0.25, 0.3) is 0 Å². The molecule has 0 radical (unpaired) electrons. The van der Waals surface area contributed by atoms with Crippen LogP contribution in [0.2, 0.25) is 0 Å². The Labute approximate surface area is 101 Å². The minimum Gasteiger partial charge on any atom is -0.0879 e. The number of rotatable bonds is 0. The molecule has 3 saturated carbocycles. The molecule has 90 valence electrons. The van der Waals surface area contributed by atoms with Gasteiger partial charge in [0.1, 0.15) is 0 Å². The molecule has 3 aliphatic carbocycles. The molecule has 3 aliphatic rings. The Morgan fingerprint density at radius 3 is 1.81 bits per heavy atom. The van der Waals surface area contributed by atoms with Crippen molar-refractivity contribution in [2.75, 3.05) is 0 Å². The number of fused-ring (bicyclic) bond motifs is 2. The summed E-state index contributed by atoms with van der Waals surface area (Å²) in [6.07, 6.45) is 16.2. The summed E-state index contributed by atoms with van der Waals surface area (Å²) in [6, 6.07) is 0. The highest BCUT2D eigenvalue weighted by Crippen LogP contribution is 2.52. The fraction of sp³-hybridized carbons (Fsp3) is 0.875. The van der Waals surface area contributed by atoms with Crippen molar-refractivity contribution in [2.24, 2.45) is 23.7 Å². The first kappa shape index (κ1) is 10.9. The van der Waals surface area contributed by atoms with E-state index in [-0.39, 0.29) is 0 Å². The molecule has 0 saturated heterocycles. The van der Waals surface area contributed by atoms with Crippen LogP contribution in [0, 0.1) is 23.7 Å². The summed E-state index contributed by atoms with van der Waals surface area (Å²) in [5.74, 6) is 4.13. The lowest BCUT2D eigenvalue weighted by Gasteiger charge is -2.48. The molecular formula is C16H26. The maximum Gasteiger partial charge on any atom is -0.0172 e. The van der Waals surface area contributed by atoms with Crippen LogP contribution in [-0.4, -0.2) is 0 Å². The summed E-state index contributed by atoms with van der Waals surface area (Å²) in [5.41, 5.74) is 1.89. The molecule has 0 aliphatic heterocycles. The summed E-state index contributed by atoms with van der Waals surface area (Å²) >= 11 is 0. The molecule has 16 heavy (non-hydrogen) atoms. The van der Waals surface area contributed by atoms with Gasteiger partial charge in [0, 0.05) is 0 Å². The SMILES string of the molecule is CC=C1C2CCCCC2CC2CCCCC12. The van der Waals surface area contributed by atoms with Crippen molar-refractivity contribution in [3.05, 3.63) is 11.6 Å². The molecule has 0 aromatic heterocycles. The Bertz CT molecular complexity index is 252. The maximum atomic E-state index is 2.51. The highest BCUT2D eigenvalue weighted by molar-refractivity contribution is 5.17. The Balaban J connectivity index is 1.84. The molecule has 0 aromatic carbocycles. The van der Waals surface area contributed by atoms with Crippen LogP contribution in [0.3, 0.4) is 0 Å². The van der Waals surface area contributed by atoms with Crippen LogP contribution < -0.4 is 0 Å². The summed E-state index contributed by atoms with van der Waals surface area (Å²) in [7, 11) is 0. The molecule has 0 aromatic rings. The molecule has 0 nitrogen and oxygen atoms in total. The average Bonchev–Trinajstić information content (AvgIpc) is 2.36. The van der Waals surface area contributed by atoms with Gasteiger partial charge in [-0.25, -0.2) is 0 Å². The second-order valence-corrected chi connectivity index (χ2v) is 6.33. The fourth-order valence-corrected chi connectivity index (χ4v) is 4.95. The van der Waals surface area contributed by atoms with Crippen molar-refractivity contribution >= 4 is 0 Å². The molecule has 0 amide bonds. The molecule has 0 heterocycles. The lowest BCUT2D eigenvalue weighted by atomic mass is 9.57. The lowest BCUT2D eigenvalue weighted by Crippen LogP contribution is -2.37. The van der Waals surface area contributed by atoms with E-state index in [4.69, 9.17) is 0 Å². The van der Waals surface area contributed by atoms with Crippen molar-refractivity contribution in [2.45, 2.75) is 64.7 Å². The van der Waals surface area contributed by atoms with Crippen molar-refractivity contribution in [1.82, 2.24) is 0 Å². The molecule has 0 N–H and O–H groups in total. The first-order chi connectivity index (χ1) is 7.90. The van der Waals surface area contributed by atoms with Gasteiger partial charge in [0.25, 0.3) is 0 Å². The molecule has 0 heteroatoms. The third kappa shape index (κ3) is 1.75. The minimum atomic E-state index is 0.998. The van der Waals surface area contributed by atoms with E-state index < -0.39 is 0 Å². The van der Waals surface area contributed by atoms with Gasteiger partial charge >= 0.3 is 0 Å². The number of hydrogen-bond acceptors (Lipinski definition) is 0. The Morgan fingerprint density at radius 2 is 1.31 bits per heavy atom. The first-order valence-corrected chi connectivity index (χ1v) is 7.56. The van der Waals surface area contributed by atoms with Crippen LogP contribution in [0.15, 0.2) is 11.6 Å². The van der Waals surface area contributed by atoms with E-state index in [0.717, 1.165) is 23.7 Å². The number of allylic oxidation sites excluding steroid dienone is 2. The predicted octanol–water partition coefficient (Wildman–Crippen LogP) is 4.95. The van der Waals surface area contributed by atoms with Gasteiger partial charge in [-0.2, -0.15) is 0 Å². The molecular weight excluding hydrogens is 192 g/mol. The number of hydrogen-bond donors (Lipinski definition) is 0. The van der Waals surface area contributed by atoms with Gasteiger partial charge in [-0.3, -0.25) is 0 Å². The molecule has 4 unspecified atom stereocenters. The second kappa shape index (κ2) is 4.55. The van der Waals surface area contributed by atoms with Crippen LogP contribution in [0.5, 0.6) is 0 Å². The standard InChI is InChI=1S/C16H26/c1-2-14-15-9-5-3-7-12(15)11-13-8-4-6-10-16(13)14/h2,12-13,15-16H,3-11H2,1H3. The van der Waals surface area contributed by atoms with Crippen LogP contribution in [-0.2, 0) is 0 Å². The fourth-order valence-electron chi connectivity index (χ4n) is 4.95. The van der Waals surface area contributed by atoms with E-state index in [1.165, 1.54) is 51.4 Å². The third-order valence-corrected chi connectivity index (χ3v) is 5.61. The third-order valence-electron chi connectivity index (χ3n) is 5.61. The van der Waals surface area contributed by atoms with Crippen LogP contribution in [0.1, 0.15) is 64.7 Å². The van der Waals surface area contributed by atoms with E-state index in [1.54, 1.807) is 6.42 Å². The molecule has 3 rings (SSSR count). The van der Waals surface area contributed by atoms with E-state index in [1.807, 2.05) is 5.57 Å². The topological polar surface area (TPSA) is 0 Å². The largest absolute Gasteiger partial charge is 0.0879 e. The minimum absolute atomic E-state index is 0.998. The van der Waals surface area contributed by atoms with E-state index in [2.05, 4.69) is 13.0 Å². The zero-order valence-corrected chi connectivity index (χ0v) is 10.8. The zero-order valence-electron chi connectivity index (χ0n) is 10.8. The quantitative estimate of drug-likeness (QED) is 0.505. The second-order valence-electron chi connectivity index (χ2n) is 6.33. The van der Waals surface area contributed by atoms with Crippen molar-refractivity contribution in [3.63, 3.8) is 0 Å². The molecule has 0 bridgehead atoms. The van der Waals surface area contributed by atoms with Crippen molar-refractivity contribution in [1.29, 1.82) is 0 Å². The summed E-state index contributed by atoms with van der Waals surface area (Å²) in [6.45, 7) is 2.30. The molecule has 3 fully saturated rings. The van der Waals surface area contributed by atoms with Gasteiger partial charge in [-0.05, 0) is 62.7 Å². The molecule has 0 spiro atoms. The smallest absolute Gasteiger partial charge is 0.0172 e. The van der Waals surface area contributed by atoms with Gasteiger partial charge < -0.3 is 0 Å². The van der Waals surface area contributed by atoms with E-state index in [0.29, 0.717) is 0 Å². The molecule has 4 atom stereocenters. The lowest BCUT2D eigenvalue weighted by molar-refractivity contribution is 0.108. The Kier molecular flexibility index (Phi) is 3.09. The van der Waals surface area contributed by atoms with Gasteiger partial charge in [-0.15, -0.1) is 0 Å². The summed E-state index contributed by atoms with van der Waals surface area (Å²) in [5, 5.41) is 0. The first-order valence-electron chi connectivity index (χ1n) is 7.56. The van der Waals surface area contributed by atoms with E-state index >= 15 is 0 Å². The monoisotopic (exact) mass is 218 g/mol. The van der Waals surface area contributed by atoms with Gasteiger partial charge in [0.15, 0.2) is 0 Å². The summed E-state index contributed by atoms with van der Waals surface area (Å²) < 4.78 is 0. The summed E-state index contributed by atoms with van der Waals surface area (Å²) in [4.78, 5) is 0. The highest BCUT2D eigenvalue weighted by Gasteiger charge is 2.41. The van der Waals surface area contributed by atoms with Crippen molar-refractivity contribution in [3.8, 4) is 0 Å². The highest BCUT2D eigenvalue weighted by atomic mass is 14.5. The van der Waals surface area contributed by atoms with Gasteiger partial charge in [-0.1, -0.05) is 37.3 Å². The van der Waals surface area contributed by atoms with Crippen LogP contribution in [0.4, 0.5) is 0 Å². The zero-order chi connectivity index (χ0) is 11.0. The maximum absolute atomic E-state index is 2.51. The van der Waals surface area contributed by atoms with Gasteiger partial charge in [0.2, 0.25) is 0 Å². The van der Waals surface area contributed by atoms with Crippen molar-refractivity contribution < 1.29 is 0 Å². The Hall–Kier alpha value is -0.260. The average molecular weight is 218 g/mol. The normalized spacial score (nSPS) is 43.4. The Morgan fingerprint density at radius 1 is 0.812 bits per heavy atom. The van der Waals surface area contributed by atoms with Gasteiger partial charge in [0.05, 0.1) is 0 Å². The van der Waals surface area contributed by atoms with Crippen LogP contribution >= 0.6 is 0 Å². The van der Waals surface area contributed by atoms with E-state index in [9.17, 15) is 0 Å². The predicted molar refractivity (Wildman–Crippen MR) is 69.3 cm³/mol.